The van der Waals surface area contributed by atoms with Gasteiger partial charge in [0, 0.05) is 18.4 Å². The molecule has 1 heterocycles. The van der Waals surface area contributed by atoms with Crippen LogP contribution in [0.15, 0.2) is 30.5 Å². The van der Waals surface area contributed by atoms with Gasteiger partial charge in [-0.2, -0.15) is 0 Å². The van der Waals surface area contributed by atoms with Gasteiger partial charge in [-0.25, -0.2) is 0 Å². The minimum absolute atomic E-state index is 0.788. The van der Waals surface area contributed by atoms with E-state index in [0.717, 1.165) is 29.2 Å². The highest BCUT2D eigenvalue weighted by Gasteiger charge is 1.98. The van der Waals surface area contributed by atoms with Crippen LogP contribution in [0.3, 0.4) is 0 Å². The second kappa shape index (κ2) is 5.19. The van der Waals surface area contributed by atoms with Crippen LogP contribution in [0, 0.1) is 11.7 Å². The van der Waals surface area contributed by atoms with Crippen LogP contribution in [0.2, 0.25) is 0 Å². The van der Waals surface area contributed by atoms with Crippen molar-refractivity contribution in [3.63, 3.8) is 0 Å². The number of methoxy groups -OCH3 is 1. The van der Waals surface area contributed by atoms with Gasteiger partial charge in [-0.1, -0.05) is 12.1 Å². The highest BCUT2D eigenvalue weighted by Crippen LogP contribution is 2.12. The topological polar surface area (TPSA) is 29.9 Å². The van der Waals surface area contributed by atoms with Gasteiger partial charge < -0.3 is 14.3 Å². The molecule has 2 rings (SSSR count). The Morgan fingerprint density at radius 3 is 2.53 bits per heavy atom. The van der Waals surface area contributed by atoms with Crippen molar-refractivity contribution in [3.05, 3.63) is 46.5 Å². The fourth-order valence-electron chi connectivity index (χ4n) is 1.77. The van der Waals surface area contributed by atoms with Gasteiger partial charge >= 0.3 is 0 Å². The van der Waals surface area contributed by atoms with Crippen LogP contribution < -0.4 is 4.74 Å². The number of hydrogen-bond acceptors (Lipinski definition) is 2. The molecule has 0 aliphatic carbocycles. The number of benzene rings is 1. The summed E-state index contributed by atoms with van der Waals surface area (Å²) in [5, 5.41) is 0. The number of nitrogens with zero attached hydrogens (tertiary/aromatic N) is 1. The molecule has 0 aliphatic heterocycles. The van der Waals surface area contributed by atoms with E-state index in [2.05, 4.69) is 21.7 Å². The van der Waals surface area contributed by atoms with Crippen molar-refractivity contribution in [3.8, 4) is 5.75 Å². The van der Waals surface area contributed by atoms with Crippen LogP contribution in [0.1, 0.15) is 11.3 Å². The van der Waals surface area contributed by atoms with Crippen LogP contribution in [0.4, 0.5) is 0 Å². The van der Waals surface area contributed by atoms with Gasteiger partial charge in [0.05, 0.1) is 7.11 Å². The van der Waals surface area contributed by atoms with E-state index < -0.39 is 0 Å². The Hall–Kier alpha value is -1.55. The summed E-state index contributed by atoms with van der Waals surface area (Å²) in [5.74, 6) is 0.892. The molecule has 0 atom stereocenters. The average Bonchev–Trinajstić information content (AvgIpc) is 2.66. The standard InChI is InChI=1S/C13H16N2OS/c1-10-9-15(13(17)14-10)8-7-11-3-5-12(16-2)6-4-11/h3-6,9H,7-8H2,1-2H3,(H,14,17). The molecule has 0 saturated heterocycles. The summed E-state index contributed by atoms with van der Waals surface area (Å²) in [6, 6.07) is 8.14. The van der Waals surface area contributed by atoms with Crippen LogP contribution >= 0.6 is 12.2 Å². The van der Waals surface area contributed by atoms with Gasteiger partial charge in [0.1, 0.15) is 5.75 Å². The van der Waals surface area contributed by atoms with E-state index in [1.807, 2.05) is 25.3 Å². The lowest BCUT2D eigenvalue weighted by Crippen LogP contribution is -2.00. The molecule has 1 aromatic carbocycles. The number of H-pyrrole nitrogens is 1. The van der Waals surface area contributed by atoms with E-state index >= 15 is 0 Å². The molecular weight excluding hydrogens is 232 g/mol. The Balaban J connectivity index is 2.02. The number of aromatic amines is 1. The summed E-state index contributed by atoms with van der Waals surface area (Å²) in [4.78, 5) is 3.12. The number of ether oxygens (including phenoxy) is 1. The maximum atomic E-state index is 5.22. The Morgan fingerprint density at radius 1 is 1.29 bits per heavy atom. The van der Waals surface area contributed by atoms with Gasteiger partial charge in [0.25, 0.3) is 0 Å². The fraction of sp³-hybridized carbons (Fsp3) is 0.308. The lowest BCUT2D eigenvalue weighted by molar-refractivity contribution is 0.414. The largest absolute Gasteiger partial charge is 0.497 e. The second-order valence-corrected chi connectivity index (χ2v) is 4.42. The maximum Gasteiger partial charge on any atom is 0.177 e. The minimum atomic E-state index is 0.788. The van der Waals surface area contributed by atoms with Crippen molar-refractivity contribution in [1.82, 2.24) is 9.55 Å². The lowest BCUT2D eigenvalue weighted by atomic mass is 10.1. The molecule has 0 fully saturated rings. The zero-order chi connectivity index (χ0) is 12.3. The van der Waals surface area contributed by atoms with Crippen LogP contribution in [0.25, 0.3) is 0 Å². The third kappa shape index (κ3) is 2.97. The first-order valence-corrected chi connectivity index (χ1v) is 5.99. The molecule has 0 spiro atoms. The van der Waals surface area contributed by atoms with E-state index in [1.54, 1.807) is 7.11 Å². The zero-order valence-electron chi connectivity index (χ0n) is 10.1. The number of imidazole rings is 1. The van der Waals surface area contributed by atoms with Gasteiger partial charge in [0.2, 0.25) is 0 Å². The second-order valence-electron chi connectivity index (χ2n) is 4.03. The fourth-order valence-corrected chi connectivity index (χ4v) is 2.08. The van der Waals surface area contributed by atoms with Crippen LogP contribution in [-0.4, -0.2) is 16.7 Å². The highest BCUT2D eigenvalue weighted by atomic mass is 32.1. The molecular formula is C13H16N2OS. The molecule has 3 nitrogen and oxygen atoms in total. The van der Waals surface area contributed by atoms with Gasteiger partial charge in [-0.15, -0.1) is 0 Å². The van der Waals surface area contributed by atoms with Crippen LogP contribution in [-0.2, 0) is 13.0 Å². The molecule has 2 aromatic rings. The number of aryl methyl sites for hydroxylation is 3. The highest BCUT2D eigenvalue weighted by molar-refractivity contribution is 7.71. The molecule has 17 heavy (non-hydrogen) atoms. The molecule has 0 radical (unpaired) electrons. The van der Waals surface area contributed by atoms with Crippen molar-refractivity contribution in [2.24, 2.45) is 0 Å². The molecule has 0 amide bonds. The SMILES string of the molecule is COc1ccc(CCn2cc(C)[nH]c2=S)cc1. The number of hydrogen-bond donors (Lipinski definition) is 1. The van der Waals surface area contributed by atoms with Crippen molar-refractivity contribution >= 4 is 12.2 Å². The van der Waals surface area contributed by atoms with E-state index in [1.165, 1.54) is 5.56 Å². The quantitative estimate of drug-likeness (QED) is 0.843. The predicted octanol–water partition coefficient (Wildman–Crippen LogP) is 3.11. The minimum Gasteiger partial charge on any atom is -0.497 e. The smallest absolute Gasteiger partial charge is 0.177 e. The molecule has 0 unspecified atom stereocenters. The van der Waals surface area contributed by atoms with E-state index in [9.17, 15) is 0 Å². The summed E-state index contributed by atoms with van der Waals surface area (Å²) >= 11 is 5.22. The number of aromatic nitrogens is 2. The predicted molar refractivity (Wildman–Crippen MR) is 71.1 cm³/mol. The first kappa shape index (κ1) is 11.9. The Bertz CT molecular complexity index is 539. The maximum absolute atomic E-state index is 5.22. The molecule has 90 valence electrons. The Kier molecular flexibility index (Phi) is 3.64. The molecule has 4 heteroatoms. The van der Waals surface area contributed by atoms with E-state index in [-0.39, 0.29) is 0 Å². The molecule has 1 aromatic heterocycles. The molecule has 0 aliphatic rings. The average molecular weight is 248 g/mol. The van der Waals surface area contributed by atoms with Crippen molar-refractivity contribution in [2.75, 3.05) is 7.11 Å². The Labute approximate surface area is 106 Å². The first-order valence-electron chi connectivity index (χ1n) is 5.58. The van der Waals surface area contributed by atoms with Gasteiger partial charge in [0.15, 0.2) is 4.77 Å². The molecule has 1 N–H and O–H groups in total. The summed E-state index contributed by atoms with van der Waals surface area (Å²) < 4.78 is 7.98. The summed E-state index contributed by atoms with van der Waals surface area (Å²) in [6.07, 6.45) is 3.02. The van der Waals surface area contributed by atoms with E-state index in [0.29, 0.717) is 0 Å². The summed E-state index contributed by atoms with van der Waals surface area (Å²) in [6.45, 7) is 2.91. The third-order valence-corrected chi connectivity index (χ3v) is 3.05. The van der Waals surface area contributed by atoms with Crippen LogP contribution in [0.5, 0.6) is 5.75 Å². The normalized spacial score (nSPS) is 10.5. The first-order chi connectivity index (χ1) is 8.19. The Morgan fingerprint density at radius 2 is 2.00 bits per heavy atom. The zero-order valence-corrected chi connectivity index (χ0v) is 10.9. The summed E-state index contributed by atoms with van der Waals surface area (Å²) in [5.41, 5.74) is 2.39. The third-order valence-electron chi connectivity index (χ3n) is 2.71. The van der Waals surface area contributed by atoms with Gasteiger partial charge in [-0.05, 0) is 43.3 Å². The van der Waals surface area contributed by atoms with Crippen molar-refractivity contribution < 1.29 is 4.74 Å². The van der Waals surface area contributed by atoms with Crippen molar-refractivity contribution in [2.45, 2.75) is 19.9 Å². The summed E-state index contributed by atoms with van der Waals surface area (Å²) in [7, 11) is 1.68. The lowest BCUT2D eigenvalue weighted by Gasteiger charge is -2.04. The monoisotopic (exact) mass is 248 g/mol. The van der Waals surface area contributed by atoms with Crippen molar-refractivity contribution in [1.29, 1.82) is 0 Å². The van der Waals surface area contributed by atoms with Gasteiger partial charge in [-0.3, -0.25) is 0 Å². The molecule has 0 saturated carbocycles. The molecule has 0 bridgehead atoms. The van der Waals surface area contributed by atoms with E-state index in [4.69, 9.17) is 17.0 Å². The number of nitrogens with one attached hydrogen (secondary N) is 1. The number of rotatable bonds is 4.